The molecule has 0 bridgehead atoms. The van der Waals surface area contributed by atoms with E-state index in [0.29, 0.717) is 11.3 Å². The molecule has 0 aliphatic rings. The van der Waals surface area contributed by atoms with Gasteiger partial charge in [-0.25, -0.2) is 4.98 Å². The highest BCUT2D eigenvalue weighted by atomic mass is 32.1. The van der Waals surface area contributed by atoms with E-state index in [2.05, 4.69) is 10.3 Å². The highest BCUT2D eigenvalue weighted by Gasteiger charge is 2.32. The van der Waals surface area contributed by atoms with Gasteiger partial charge in [-0.2, -0.15) is 13.2 Å². The molecule has 0 fully saturated rings. The molecule has 0 saturated carbocycles. The maximum atomic E-state index is 12.8. The summed E-state index contributed by atoms with van der Waals surface area (Å²) in [4.78, 5) is 15.8. The van der Waals surface area contributed by atoms with Gasteiger partial charge in [-0.1, -0.05) is 32.0 Å². The van der Waals surface area contributed by atoms with Crippen LogP contribution in [0.2, 0.25) is 0 Å². The Morgan fingerprint density at radius 1 is 1.27 bits per heavy atom. The minimum atomic E-state index is -4.38. The molecule has 22 heavy (non-hydrogen) atoms. The number of rotatable bonds is 4. The first-order chi connectivity index (χ1) is 10.2. The third-order valence-corrected chi connectivity index (χ3v) is 3.91. The summed E-state index contributed by atoms with van der Waals surface area (Å²) in [6, 6.07) is 5.16. The van der Waals surface area contributed by atoms with Gasteiger partial charge in [0, 0.05) is 17.3 Å². The van der Waals surface area contributed by atoms with Crippen LogP contribution in [0.3, 0.4) is 0 Å². The first-order valence-corrected chi connectivity index (χ1v) is 7.48. The van der Waals surface area contributed by atoms with Crippen molar-refractivity contribution in [3.8, 4) is 0 Å². The van der Waals surface area contributed by atoms with Crippen molar-refractivity contribution in [1.82, 2.24) is 10.3 Å². The molecule has 1 amide bonds. The van der Waals surface area contributed by atoms with Gasteiger partial charge in [0.25, 0.3) is 5.91 Å². The normalized spacial score (nSPS) is 12.2. The van der Waals surface area contributed by atoms with E-state index in [4.69, 9.17) is 0 Å². The molecule has 2 aromatic rings. The van der Waals surface area contributed by atoms with Crippen molar-refractivity contribution in [3.05, 3.63) is 52.0 Å². The van der Waals surface area contributed by atoms with E-state index < -0.39 is 17.2 Å². The molecule has 0 saturated heterocycles. The minimum absolute atomic E-state index is 0.213. The molecule has 1 aromatic carbocycles. The second-order valence-electron chi connectivity index (χ2n) is 5.52. The molecule has 1 aromatic heterocycles. The smallest absolute Gasteiger partial charge is 0.350 e. The standard InChI is InChI=1S/C15H15F3N2OS/c1-14(2,8-19-13(21)12-7-22-9-20-12)10-4-3-5-11(6-10)15(16,17)18/h3-7,9H,8H2,1-2H3,(H,19,21). The first-order valence-electron chi connectivity index (χ1n) is 6.54. The number of hydrogen-bond acceptors (Lipinski definition) is 3. The molecule has 0 aliphatic heterocycles. The Hall–Kier alpha value is -1.89. The molecule has 0 atom stereocenters. The Morgan fingerprint density at radius 3 is 2.55 bits per heavy atom. The van der Waals surface area contributed by atoms with E-state index in [-0.39, 0.29) is 12.5 Å². The Bertz CT molecular complexity index is 651. The van der Waals surface area contributed by atoms with Gasteiger partial charge in [-0.05, 0) is 11.6 Å². The Labute approximate surface area is 130 Å². The predicted octanol–water partition coefficient (Wildman–Crippen LogP) is 3.87. The molecule has 2 rings (SSSR count). The number of benzene rings is 1. The van der Waals surface area contributed by atoms with Gasteiger partial charge in [0.2, 0.25) is 0 Å². The van der Waals surface area contributed by atoms with Crippen LogP contribution in [0.4, 0.5) is 13.2 Å². The lowest BCUT2D eigenvalue weighted by molar-refractivity contribution is -0.137. The number of nitrogens with zero attached hydrogens (tertiary/aromatic N) is 1. The van der Waals surface area contributed by atoms with Crippen LogP contribution in [-0.2, 0) is 11.6 Å². The van der Waals surface area contributed by atoms with Gasteiger partial charge >= 0.3 is 6.18 Å². The van der Waals surface area contributed by atoms with Crippen LogP contribution in [0.1, 0.15) is 35.5 Å². The molecule has 7 heteroatoms. The van der Waals surface area contributed by atoms with Crippen molar-refractivity contribution in [2.75, 3.05) is 6.54 Å². The molecule has 0 radical (unpaired) electrons. The van der Waals surface area contributed by atoms with Crippen LogP contribution in [-0.4, -0.2) is 17.4 Å². The molecule has 0 unspecified atom stereocenters. The zero-order valence-electron chi connectivity index (χ0n) is 12.1. The second kappa shape index (κ2) is 6.08. The number of thiazole rings is 1. The Balaban J connectivity index is 2.11. The number of aromatic nitrogens is 1. The fourth-order valence-corrected chi connectivity index (χ4v) is 2.47. The zero-order valence-corrected chi connectivity index (χ0v) is 12.9. The fraction of sp³-hybridized carbons (Fsp3) is 0.333. The lowest BCUT2D eigenvalue weighted by Gasteiger charge is -2.26. The zero-order chi connectivity index (χ0) is 16.4. The summed E-state index contributed by atoms with van der Waals surface area (Å²) in [5, 5.41) is 4.32. The molecular formula is C15H15F3N2OS. The van der Waals surface area contributed by atoms with Gasteiger partial charge in [0.15, 0.2) is 0 Å². The van der Waals surface area contributed by atoms with Gasteiger partial charge in [0.05, 0.1) is 11.1 Å². The number of halogens is 3. The third kappa shape index (κ3) is 3.85. The van der Waals surface area contributed by atoms with Crippen LogP contribution < -0.4 is 5.32 Å². The average Bonchev–Trinajstić information content (AvgIpc) is 2.98. The van der Waals surface area contributed by atoms with Crippen molar-refractivity contribution in [1.29, 1.82) is 0 Å². The molecule has 0 spiro atoms. The molecule has 1 N–H and O–H groups in total. The second-order valence-corrected chi connectivity index (χ2v) is 6.24. The van der Waals surface area contributed by atoms with Crippen LogP contribution in [0.25, 0.3) is 0 Å². The summed E-state index contributed by atoms with van der Waals surface area (Å²) in [6.07, 6.45) is -4.38. The largest absolute Gasteiger partial charge is 0.416 e. The first kappa shape index (κ1) is 16.5. The topological polar surface area (TPSA) is 42.0 Å². The lowest BCUT2D eigenvalue weighted by Crippen LogP contribution is -2.37. The van der Waals surface area contributed by atoms with Crippen molar-refractivity contribution in [3.63, 3.8) is 0 Å². The molecule has 3 nitrogen and oxygen atoms in total. The van der Waals surface area contributed by atoms with Gasteiger partial charge < -0.3 is 5.32 Å². The van der Waals surface area contributed by atoms with E-state index in [1.807, 2.05) is 0 Å². The summed E-state index contributed by atoms with van der Waals surface area (Å²) in [5.74, 6) is -0.332. The van der Waals surface area contributed by atoms with Crippen LogP contribution >= 0.6 is 11.3 Å². The molecule has 1 heterocycles. The van der Waals surface area contributed by atoms with E-state index in [0.717, 1.165) is 12.1 Å². The van der Waals surface area contributed by atoms with E-state index in [1.54, 1.807) is 30.8 Å². The third-order valence-electron chi connectivity index (χ3n) is 3.33. The summed E-state index contributed by atoms with van der Waals surface area (Å²) in [6.45, 7) is 3.78. The van der Waals surface area contributed by atoms with Gasteiger partial charge in [-0.15, -0.1) is 11.3 Å². The average molecular weight is 328 g/mol. The number of carbonyl (C=O) groups excluding carboxylic acids is 1. The van der Waals surface area contributed by atoms with E-state index >= 15 is 0 Å². The SMILES string of the molecule is CC(C)(CNC(=O)c1cscn1)c1cccc(C(F)(F)F)c1. The highest BCUT2D eigenvalue weighted by Crippen LogP contribution is 2.32. The van der Waals surface area contributed by atoms with Crippen molar-refractivity contribution < 1.29 is 18.0 Å². The summed E-state index contributed by atoms with van der Waals surface area (Å²) in [5.41, 5.74) is 1.05. The van der Waals surface area contributed by atoms with Gasteiger partial charge in [-0.3, -0.25) is 4.79 Å². The maximum absolute atomic E-state index is 12.8. The maximum Gasteiger partial charge on any atom is 0.416 e. The molecule has 118 valence electrons. The van der Waals surface area contributed by atoms with Gasteiger partial charge in [0.1, 0.15) is 5.69 Å². The summed E-state index contributed by atoms with van der Waals surface area (Å²) >= 11 is 1.31. The minimum Gasteiger partial charge on any atom is -0.350 e. The Kier molecular flexibility index (Phi) is 4.55. The summed E-state index contributed by atoms with van der Waals surface area (Å²) < 4.78 is 38.3. The lowest BCUT2D eigenvalue weighted by atomic mass is 9.83. The summed E-state index contributed by atoms with van der Waals surface area (Å²) in [7, 11) is 0. The molecular weight excluding hydrogens is 313 g/mol. The number of carbonyl (C=O) groups is 1. The van der Waals surface area contributed by atoms with Crippen molar-refractivity contribution in [2.24, 2.45) is 0 Å². The van der Waals surface area contributed by atoms with E-state index in [1.165, 1.54) is 17.4 Å². The van der Waals surface area contributed by atoms with Crippen LogP contribution in [0, 0.1) is 0 Å². The highest BCUT2D eigenvalue weighted by molar-refractivity contribution is 7.07. The van der Waals surface area contributed by atoms with Crippen LogP contribution in [0.5, 0.6) is 0 Å². The van der Waals surface area contributed by atoms with Crippen molar-refractivity contribution >= 4 is 17.2 Å². The predicted molar refractivity (Wildman–Crippen MR) is 78.9 cm³/mol. The van der Waals surface area contributed by atoms with Crippen LogP contribution in [0.15, 0.2) is 35.2 Å². The quantitative estimate of drug-likeness (QED) is 0.926. The monoisotopic (exact) mass is 328 g/mol. The number of amides is 1. The van der Waals surface area contributed by atoms with E-state index in [9.17, 15) is 18.0 Å². The number of nitrogens with one attached hydrogen (secondary N) is 1. The fourth-order valence-electron chi connectivity index (χ4n) is 1.94. The number of alkyl halides is 3. The number of hydrogen-bond donors (Lipinski definition) is 1. The Morgan fingerprint density at radius 2 is 1.95 bits per heavy atom. The van der Waals surface area contributed by atoms with Crippen molar-refractivity contribution in [2.45, 2.75) is 25.4 Å². The molecule has 0 aliphatic carbocycles.